The Morgan fingerprint density at radius 1 is 1.44 bits per heavy atom. The minimum absolute atomic E-state index is 0.743. The number of hydrogen-bond donors (Lipinski definition) is 1. The summed E-state index contributed by atoms with van der Waals surface area (Å²) in [4.78, 5) is 3.08. The van der Waals surface area contributed by atoms with Gasteiger partial charge in [-0.25, -0.2) is 0 Å². The summed E-state index contributed by atoms with van der Waals surface area (Å²) < 4.78 is 3.92. The number of nitrogens with one attached hydrogen (secondary N) is 1. The van der Waals surface area contributed by atoms with Gasteiger partial charge in [-0.1, -0.05) is 28.9 Å². The SMILES string of the molecule is CCc1c[nH]c(=S)n1-c1ccc(C)c(Br)c1. The molecule has 0 saturated carbocycles. The molecule has 0 amide bonds. The molecule has 0 aliphatic rings. The highest BCUT2D eigenvalue weighted by atomic mass is 79.9. The van der Waals surface area contributed by atoms with Crippen molar-refractivity contribution in [2.75, 3.05) is 0 Å². The van der Waals surface area contributed by atoms with Gasteiger partial charge >= 0.3 is 0 Å². The summed E-state index contributed by atoms with van der Waals surface area (Å²) in [7, 11) is 0. The summed E-state index contributed by atoms with van der Waals surface area (Å²) in [6.07, 6.45) is 2.93. The van der Waals surface area contributed by atoms with E-state index in [1.54, 1.807) is 0 Å². The molecule has 2 aromatic rings. The fraction of sp³-hybridized carbons (Fsp3) is 0.250. The van der Waals surface area contributed by atoms with Crippen LogP contribution in [0.5, 0.6) is 0 Å². The average Bonchev–Trinajstić information content (AvgIpc) is 2.64. The van der Waals surface area contributed by atoms with Crippen LogP contribution in [0, 0.1) is 11.7 Å². The van der Waals surface area contributed by atoms with Crippen molar-refractivity contribution in [2.45, 2.75) is 20.3 Å². The molecule has 0 spiro atoms. The van der Waals surface area contributed by atoms with Crippen LogP contribution in [0.3, 0.4) is 0 Å². The summed E-state index contributed by atoms with van der Waals surface area (Å²) in [6.45, 7) is 4.20. The van der Waals surface area contributed by atoms with Gasteiger partial charge in [-0.3, -0.25) is 4.57 Å². The Morgan fingerprint density at radius 2 is 2.19 bits per heavy atom. The highest BCUT2D eigenvalue weighted by molar-refractivity contribution is 9.10. The lowest BCUT2D eigenvalue weighted by Gasteiger charge is -2.08. The van der Waals surface area contributed by atoms with Gasteiger partial charge in [0, 0.05) is 22.1 Å². The summed E-state index contributed by atoms with van der Waals surface area (Å²) in [5, 5.41) is 0. The number of rotatable bonds is 2. The maximum atomic E-state index is 5.29. The number of benzene rings is 1. The molecular formula is C12H13BrN2S. The van der Waals surface area contributed by atoms with Crippen LogP contribution >= 0.6 is 28.1 Å². The molecule has 84 valence electrons. The first-order valence-electron chi connectivity index (χ1n) is 5.19. The standard InChI is InChI=1S/C12H13BrN2S/c1-3-9-7-14-12(16)15(9)10-5-4-8(2)11(13)6-10/h4-7H,3H2,1-2H3,(H,14,16). The van der Waals surface area contributed by atoms with Crippen LogP contribution in [-0.2, 0) is 6.42 Å². The van der Waals surface area contributed by atoms with E-state index >= 15 is 0 Å². The van der Waals surface area contributed by atoms with Crippen LogP contribution in [0.25, 0.3) is 5.69 Å². The number of halogens is 1. The van der Waals surface area contributed by atoms with E-state index in [4.69, 9.17) is 12.2 Å². The zero-order valence-corrected chi connectivity index (χ0v) is 11.7. The van der Waals surface area contributed by atoms with Crippen molar-refractivity contribution in [2.24, 2.45) is 0 Å². The van der Waals surface area contributed by atoms with Crippen molar-refractivity contribution >= 4 is 28.1 Å². The van der Waals surface area contributed by atoms with Gasteiger partial charge < -0.3 is 4.98 Å². The number of nitrogens with zero attached hydrogens (tertiary/aromatic N) is 1. The number of imidazole rings is 1. The van der Waals surface area contributed by atoms with Crippen molar-refractivity contribution in [1.29, 1.82) is 0 Å². The Kier molecular flexibility index (Phi) is 3.30. The van der Waals surface area contributed by atoms with E-state index in [-0.39, 0.29) is 0 Å². The third kappa shape index (κ3) is 1.99. The molecule has 4 heteroatoms. The van der Waals surface area contributed by atoms with E-state index in [1.165, 1.54) is 11.3 Å². The van der Waals surface area contributed by atoms with E-state index in [1.807, 2.05) is 6.20 Å². The molecule has 0 fully saturated rings. The first kappa shape index (κ1) is 11.6. The number of aryl methyl sites for hydroxylation is 2. The lowest BCUT2D eigenvalue weighted by molar-refractivity contribution is 0.921. The predicted molar refractivity (Wildman–Crippen MR) is 72.8 cm³/mol. The van der Waals surface area contributed by atoms with Gasteiger partial charge in [0.15, 0.2) is 4.77 Å². The Morgan fingerprint density at radius 3 is 2.81 bits per heavy atom. The van der Waals surface area contributed by atoms with Gasteiger partial charge in [0.1, 0.15) is 0 Å². The van der Waals surface area contributed by atoms with Gasteiger partial charge in [-0.15, -0.1) is 0 Å². The minimum Gasteiger partial charge on any atom is -0.337 e. The zero-order valence-electron chi connectivity index (χ0n) is 9.25. The van der Waals surface area contributed by atoms with E-state index in [2.05, 4.69) is 57.5 Å². The van der Waals surface area contributed by atoms with E-state index in [0.29, 0.717) is 0 Å². The maximum absolute atomic E-state index is 5.29. The monoisotopic (exact) mass is 296 g/mol. The molecule has 0 radical (unpaired) electrons. The summed E-state index contributed by atoms with van der Waals surface area (Å²) in [5.74, 6) is 0. The molecule has 0 aliphatic carbocycles. The van der Waals surface area contributed by atoms with Crippen molar-refractivity contribution in [3.8, 4) is 5.69 Å². The second-order valence-electron chi connectivity index (χ2n) is 3.71. The fourth-order valence-electron chi connectivity index (χ4n) is 1.67. The number of H-pyrrole nitrogens is 1. The largest absolute Gasteiger partial charge is 0.337 e. The Bertz CT molecular complexity index is 569. The molecule has 1 aromatic carbocycles. The summed E-state index contributed by atoms with van der Waals surface area (Å²) >= 11 is 8.83. The van der Waals surface area contributed by atoms with Crippen LogP contribution in [-0.4, -0.2) is 9.55 Å². The van der Waals surface area contributed by atoms with Crippen LogP contribution < -0.4 is 0 Å². The van der Waals surface area contributed by atoms with Crippen molar-refractivity contribution in [3.05, 3.63) is 44.9 Å². The van der Waals surface area contributed by atoms with E-state index in [9.17, 15) is 0 Å². The molecule has 1 heterocycles. The predicted octanol–water partition coefficient (Wildman–Crippen LogP) is 4.17. The Balaban J connectivity index is 2.62. The first-order chi connectivity index (χ1) is 7.63. The molecule has 2 nitrogen and oxygen atoms in total. The molecule has 1 aromatic heterocycles. The molecule has 0 unspecified atom stereocenters. The summed E-state index contributed by atoms with van der Waals surface area (Å²) in [5.41, 5.74) is 3.52. The normalized spacial score (nSPS) is 10.7. The van der Waals surface area contributed by atoms with Crippen molar-refractivity contribution < 1.29 is 0 Å². The van der Waals surface area contributed by atoms with Gasteiger partial charge in [-0.2, -0.15) is 0 Å². The van der Waals surface area contributed by atoms with Crippen LogP contribution in [0.2, 0.25) is 0 Å². The lowest BCUT2D eigenvalue weighted by Crippen LogP contribution is -1.99. The smallest absolute Gasteiger partial charge is 0.182 e. The van der Waals surface area contributed by atoms with Gasteiger partial charge in [0.2, 0.25) is 0 Å². The van der Waals surface area contributed by atoms with Crippen LogP contribution in [0.4, 0.5) is 0 Å². The average molecular weight is 297 g/mol. The minimum atomic E-state index is 0.743. The van der Waals surface area contributed by atoms with E-state index < -0.39 is 0 Å². The molecule has 0 bridgehead atoms. The lowest BCUT2D eigenvalue weighted by atomic mass is 10.2. The highest BCUT2D eigenvalue weighted by Crippen LogP contribution is 2.21. The van der Waals surface area contributed by atoms with Crippen molar-refractivity contribution in [3.63, 3.8) is 0 Å². The highest BCUT2D eigenvalue weighted by Gasteiger charge is 2.05. The van der Waals surface area contributed by atoms with Crippen molar-refractivity contribution in [1.82, 2.24) is 9.55 Å². The maximum Gasteiger partial charge on any atom is 0.182 e. The van der Waals surface area contributed by atoms with Crippen LogP contribution in [0.15, 0.2) is 28.9 Å². The summed E-state index contributed by atoms with van der Waals surface area (Å²) in [6, 6.07) is 6.27. The Hall–Kier alpha value is -0.870. The molecule has 2 rings (SSSR count). The molecule has 0 aliphatic heterocycles. The topological polar surface area (TPSA) is 20.7 Å². The van der Waals surface area contributed by atoms with Crippen LogP contribution in [0.1, 0.15) is 18.2 Å². The number of aromatic amines is 1. The second-order valence-corrected chi connectivity index (χ2v) is 4.95. The Labute approximate surface area is 108 Å². The third-order valence-corrected chi connectivity index (χ3v) is 3.78. The molecule has 0 saturated heterocycles. The van der Waals surface area contributed by atoms with Gasteiger partial charge in [-0.05, 0) is 43.3 Å². The number of aromatic nitrogens is 2. The fourth-order valence-corrected chi connectivity index (χ4v) is 2.32. The zero-order chi connectivity index (χ0) is 11.7. The molecule has 1 N–H and O–H groups in total. The number of hydrogen-bond acceptors (Lipinski definition) is 1. The first-order valence-corrected chi connectivity index (χ1v) is 6.39. The quantitative estimate of drug-likeness (QED) is 0.825. The third-order valence-electron chi connectivity index (χ3n) is 2.63. The molecule has 16 heavy (non-hydrogen) atoms. The van der Waals surface area contributed by atoms with Gasteiger partial charge in [0.05, 0.1) is 0 Å². The van der Waals surface area contributed by atoms with E-state index in [0.717, 1.165) is 21.4 Å². The molecular weight excluding hydrogens is 284 g/mol. The molecule has 0 atom stereocenters. The van der Waals surface area contributed by atoms with Gasteiger partial charge in [0.25, 0.3) is 0 Å². The second kappa shape index (κ2) is 4.55.